The molecule has 0 radical (unpaired) electrons. The van der Waals surface area contributed by atoms with Crippen molar-refractivity contribution in [3.05, 3.63) is 137 Å². The van der Waals surface area contributed by atoms with Gasteiger partial charge in [0.1, 0.15) is 5.82 Å². The van der Waals surface area contributed by atoms with E-state index >= 15 is 0 Å². The summed E-state index contributed by atoms with van der Waals surface area (Å²) in [5.74, 6) is -1.59. The van der Waals surface area contributed by atoms with Crippen LogP contribution >= 0.6 is 22.9 Å². The van der Waals surface area contributed by atoms with Gasteiger partial charge in [-0.25, -0.2) is 14.2 Å². The summed E-state index contributed by atoms with van der Waals surface area (Å²) < 4.78 is 65.6. The number of fused-ring (bicyclic) bond motifs is 2. The SMILES string of the molecule is CCOC(=O)C1=C(C(F)(F)F)N=c2s/c(=C\c3cn(Cc4ccccc4F)c4ccccc34)c(=O)n2[C@H]1c1ccc(Cl)cc1. The number of nitrogens with zero attached hydrogens (tertiary/aromatic N) is 3. The van der Waals surface area contributed by atoms with Crippen LogP contribution in [0.2, 0.25) is 5.02 Å². The molecule has 0 aliphatic carbocycles. The summed E-state index contributed by atoms with van der Waals surface area (Å²) in [6.07, 6.45) is -1.68. The van der Waals surface area contributed by atoms with E-state index in [1.165, 1.54) is 37.3 Å². The molecular weight excluding hydrogens is 618 g/mol. The van der Waals surface area contributed by atoms with Crippen molar-refractivity contribution in [1.82, 2.24) is 9.13 Å². The van der Waals surface area contributed by atoms with Crippen molar-refractivity contribution in [2.45, 2.75) is 25.7 Å². The number of carbonyl (C=O) groups excluding carboxylic acids is 1. The normalized spacial score (nSPS) is 15.4. The molecule has 0 bridgehead atoms. The first-order chi connectivity index (χ1) is 21.1. The van der Waals surface area contributed by atoms with E-state index in [1.54, 1.807) is 30.5 Å². The van der Waals surface area contributed by atoms with Crippen LogP contribution in [0.4, 0.5) is 17.6 Å². The number of benzene rings is 3. The number of halogens is 5. The molecule has 1 aliphatic heterocycles. The van der Waals surface area contributed by atoms with Crippen molar-refractivity contribution in [2.24, 2.45) is 4.99 Å². The summed E-state index contributed by atoms with van der Waals surface area (Å²) >= 11 is 6.82. The van der Waals surface area contributed by atoms with Gasteiger partial charge in [-0.15, -0.1) is 0 Å². The average molecular weight is 640 g/mol. The van der Waals surface area contributed by atoms with Gasteiger partial charge in [-0.3, -0.25) is 9.36 Å². The topological polar surface area (TPSA) is 65.6 Å². The van der Waals surface area contributed by atoms with Crippen LogP contribution in [0.25, 0.3) is 17.0 Å². The van der Waals surface area contributed by atoms with Gasteiger partial charge in [0, 0.05) is 33.2 Å². The Morgan fingerprint density at radius 3 is 2.48 bits per heavy atom. The monoisotopic (exact) mass is 639 g/mol. The van der Waals surface area contributed by atoms with Gasteiger partial charge < -0.3 is 9.30 Å². The summed E-state index contributed by atoms with van der Waals surface area (Å²) in [5.41, 5.74) is -0.782. The average Bonchev–Trinajstić information content (AvgIpc) is 3.50. The number of aromatic nitrogens is 2. The molecule has 0 unspecified atom stereocenters. The maximum Gasteiger partial charge on any atom is 0.434 e. The van der Waals surface area contributed by atoms with E-state index < -0.39 is 35.0 Å². The predicted molar refractivity (Wildman–Crippen MR) is 160 cm³/mol. The highest BCUT2D eigenvalue weighted by atomic mass is 35.5. The molecule has 0 spiro atoms. The Labute approximate surface area is 256 Å². The third-order valence-corrected chi connectivity index (χ3v) is 8.42. The standard InChI is InChI=1S/C32H22ClF4N3O3S/c1-2-43-30(42)26-27(18-11-13-21(33)14-12-18)40-29(41)25(44-31(40)38-28(26)32(35,36)37)15-20-17-39(24-10-6-4-8-22(20)24)16-19-7-3-5-9-23(19)34/h3-15,17,27H,2,16H2,1H3/b25-15-/t27-/m0/s1. The van der Waals surface area contributed by atoms with E-state index in [-0.39, 0.29) is 33.9 Å². The Kier molecular flexibility index (Phi) is 7.77. The lowest BCUT2D eigenvalue weighted by Gasteiger charge is -2.26. The number of hydrogen-bond acceptors (Lipinski definition) is 5. The molecular formula is C32H22ClF4N3O3S. The molecule has 1 atom stereocenters. The maximum atomic E-state index is 14.5. The minimum Gasteiger partial charge on any atom is -0.463 e. The van der Waals surface area contributed by atoms with E-state index in [2.05, 4.69) is 4.99 Å². The van der Waals surface area contributed by atoms with E-state index in [9.17, 15) is 27.2 Å². The van der Waals surface area contributed by atoms with Gasteiger partial charge in [-0.2, -0.15) is 13.2 Å². The molecule has 0 saturated heterocycles. The van der Waals surface area contributed by atoms with Crippen LogP contribution in [-0.4, -0.2) is 27.9 Å². The molecule has 44 heavy (non-hydrogen) atoms. The summed E-state index contributed by atoms with van der Waals surface area (Å²) in [4.78, 5) is 30.6. The van der Waals surface area contributed by atoms with Crippen molar-refractivity contribution >= 4 is 45.9 Å². The fourth-order valence-electron chi connectivity index (χ4n) is 5.27. The Morgan fingerprint density at radius 1 is 1.07 bits per heavy atom. The van der Waals surface area contributed by atoms with Crippen LogP contribution in [0, 0.1) is 5.82 Å². The minimum absolute atomic E-state index is 0.100. The first-order valence-corrected chi connectivity index (χ1v) is 14.6. The third kappa shape index (κ3) is 5.37. The van der Waals surface area contributed by atoms with Crippen LogP contribution in [0.5, 0.6) is 0 Å². The molecule has 0 saturated carbocycles. The summed E-state index contributed by atoms with van der Waals surface area (Å²) in [7, 11) is 0. The molecule has 2 aromatic heterocycles. The number of ether oxygens (including phenoxy) is 1. The first-order valence-electron chi connectivity index (χ1n) is 13.4. The highest BCUT2D eigenvalue weighted by Gasteiger charge is 2.45. The largest absolute Gasteiger partial charge is 0.463 e. The van der Waals surface area contributed by atoms with Gasteiger partial charge in [-0.05, 0) is 42.8 Å². The number of thiazole rings is 1. The number of esters is 1. The lowest BCUT2D eigenvalue weighted by molar-refractivity contribution is -0.140. The van der Waals surface area contributed by atoms with Crippen molar-refractivity contribution in [2.75, 3.05) is 6.61 Å². The Morgan fingerprint density at radius 2 is 1.77 bits per heavy atom. The van der Waals surface area contributed by atoms with Gasteiger partial charge in [0.25, 0.3) is 5.56 Å². The number of para-hydroxylation sites is 1. The molecule has 3 aromatic carbocycles. The second kappa shape index (κ2) is 11.5. The van der Waals surface area contributed by atoms with Crippen LogP contribution < -0.4 is 14.9 Å². The zero-order valence-corrected chi connectivity index (χ0v) is 24.5. The molecule has 6 rings (SSSR count). The van der Waals surface area contributed by atoms with Gasteiger partial charge in [-0.1, -0.05) is 71.5 Å². The van der Waals surface area contributed by atoms with Gasteiger partial charge in [0.05, 0.1) is 29.3 Å². The Bertz CT molecular complexity index is 2130. The van der Waals surface area contributed by atoms with E-state index in [1.807, 2.05) is 28.8 Å². The quantitative estimate of drug-likeness (QED) is 0.166. The second-order valence-corrected chi connectivity index (χ2v) is 11.4. The van der Waals surface area contributed by atoms with Crippen molar-refractivity contribution in [3.63, 3.8) is 0 Å². The van der Waals surface area contributed by atoms with Gasteiger partial charge in [0.2, 0.25) is 0 Å². The second-order valence-electron chi connectivity index (χ2n) is 9.94. The Balaban J connectivity index is 1.57. The lowest BCUT2D eigenvalue weighted by Crippen LogP contribution is -2.41. The fraction of sp³-hybridized carbons (Fsp3) is 0.156. The van der Waals surface area contributed by atoms with E-state index in [0.29, 0.717) is 16.1 Å². The predicted octanol–water partition coefficient (Wildman–Crippen LogP) is 6.14. The van der Waals surface area contributed by atoms with Crippen molar-refractivity contribution < 1.29 is 27.1 Å². The molecule has 1 aliphatic rings. The van der Waals surface area contributed by atoms with Crippen molar-refractivity contribution in [1.29, 1.82) is 0 Å². The molecule has 5 aromatic rings. The zero-order chi connectivity index (χ0) is 31.2. The summed E-state index contributed by atoms with van der Waals surface area (Å²) in [6, 6.07) is 18.1. The molecule has 0 amide bonds. The fourth-order valence-corrected chi connectivity index (χ4v) is 6.39. The molecule has 6 nitrogen and oxygen atoms in total. The van der Waals surface area contributed by atoms with Crippen LogP contribution in [-0.2, 0) is 16.1 Å². The van der Waals surface area contributed by atoms with Crippen LogP contribution in [0.3, 0.4) is 0 Å². The summed E-state index contributed by atoms with van der Waals surface area (Å²) in [5, 5.41) is 1.08. The molecule has 12 heteroatoms. The molecule has 224 valence electrons. The Hall–Kier alpha value is -4.48. The third-order valence-electron chi connectivity index (χ3n) is 7.19. The highest BCUT2D eigenvalue weighted by Crippen LogP contribution is 2.38. The smallest absolute Gasteiger partial charge is 0.434 e. The summed E-state index contributed by atoms with van der Waals surface area (Å²) in [6.45, 7) is 1.51. The molecule has 0 fully saturated rings. The van der Waals surface area contributed by atoms with Gasteiger partial charge in [0.15, 0.2) is 10.5 Å². The van der Waals surface area contributed by atoms with E-state index in [0.717, 1.165) is 26.8 Å². The molecule has 3 heterocycles. The zero-order valence-electron chi connectivity index (χ0n) is 22.9. The first kappa shape index (κ1) is 29.6. The lowest BCUT2D eigenvalue weighted by atomic mass is 9.95. The number of rotatable bonds is 6. The number of alkyl halides is 3. The number of carbonyl (C=O) groups is 1. The number of hydrogen-bond donors (Lipinski definition) is 0. The maximum absolute atomic E-state index is 14.5. The van der Waals surface area contributed by atoms with Crippen LogP contribution in [0.15, 0.2) is 100 Å². The van der Waals surface area contributed by atoms with E-state index in [4.69, 9.17) is 16.3 Å². The van der Waals surface area contributed by atoms with Gasteiger partial charge >= 0.3 is 12.1 Å². The van der Waals surface area contributed by atoms with Crippen LogP contribution in [0.1, 0.15) is 29.7 Å². The number of allylic oxidation sites excluding steroid dienone is 1. The molecule has 0 N–H and O–H groups in total. The highest BCUT2D eigenvalue weighted by molar-refractivity contribution is 7.07. The minimum atomic E-state index is -5.01. The van der Waals surface area contributed by atoms with Crippen molar-refractivity contribution in [3.8, 4) is 0 Å².